The quantitative estimate of drug-likeness (QED) is 0.743. The summed E-state index contributed by atoms with van der Waals surface area (Å²) in [5.74, 6) is 1.32. The average molecular weight is 362 g/mol. The Morgan fingerprint density at radius 3 is 1.92 bits per heavy atom. The fourth-order valence-electron chi connectivity index (χ4n) is 2.72. The van der Waals surface area contributed by atoms with Crippen LogP contribution in [0.3, 0.4) is 0 Å². The number of sulfonamides is 1. The Morgan fingerprint density at radius 2 is 1.48 bits per heavy atom. The summed E-state index contributed by atoms with van der Waals surface area (Å²) in [5.41, 5.74) is 2.59. The lowest BCUT2D eigenvalue weighted by atomic mass is 9.93. The van der Waals surface area contributed by atoms with Crippen LogP contribution in [0.1, 0.15) is 57.6 Å². The molecule has 0 unspecified atom stereocenters. The van der Waals surface area contributed by atoms with E-state index >= 15 is 0 Å². The van der Waals surface area contributed by atoms with E-state index in [1.807, 2.05) is 19.1 Å². The van der Waals surface area contributed by atoms with Crippen molar-refractivity contribution in [2.24, 2.45) is 0 Å². The maximum absolute atomic E-state index is 12.6. The zero-order chi connectivity index (χ0) is 18.6. The molecule has 0 amide bonds. The lowest BCUT2D eigenvalue weighted by Crippen LogP contribution is -2.14. The normalized spacial score (nSPS) is 11.8. The summed E-state index contributed by atoms with van der Waals surface area (Å²) in [6.07, 6.45) is 0. The van der Waals surface area contributed by atoms with Crippen LogP contribution in [0.4, 0.5) is 5.69 Å². The smallest absolute Gasteiger partial charge is 0.261 e. The molecular weight excluding hydrogens is 334 g/mol. The minimum Gasteiger partial charge on any atom is -0.493 e. The van der Waals surface area contributed by atoms with Gasteiger partial charge in [0.1, 0.15) is 5.75 Å². The van der Waals surface area contributed by atoms with E-state index in [1.54, 1.807) is 30.3 Å². The van der Waals surface area contributed by atoms with E-state index in [0.29, 0.717) is 12.3 Å². The predicted molar refractivity (Wildman–Crippen MR) is 103 cm³/mol. The summed E-state index contributed by atoms with van der Waals surface area (Å²) in [6, 6.07) is 12.2. The first kappa shape index (κ1) is 19.3. The van der Waals surface area contributed by atoms with Gasteiger partial charge in [0.05, 0.1) is 11.5 Å². The molecule has 0 aliphatic rings. The molecule has 0 bridgehead atoms. The van der Waals surface area contributed by atoms with E-state index in [-0.39, 0.29) is 16.7 Å². The van der Waals surface area contributed by atoms with Gasteiger partial charge in [-0.3, -0.25) is 4.72 Å². The van der Waals surface area contributed by atoms with Crippen molar-refractivity contribution in [3.63, 3.8) is 0 Å². The lowest BCUT2D eigenvalue weighted by molar-refractivity contribution is 0.330. The second-order valence-corrected chi connectivity index (χ2v) is 8.33. The van der Waals surface area contributed by atoms with Gasteiger partial charge in [0.25, 0.3) is 10.0 Å². The van der Waals surface area contributed by atoms with Crippen LogP contribution < -0.4 is 9.46 Å². The van der Waals surface area contributed by atoms with Crippen LogP contribution in [0, 0.1) is 0 Å². The third kappa shape index (κ3) is 4.54. The van der Waals surface area contributed by atoms with Crippen LogP contribution in [-0.2, 0) is 10.0 Å². The van der Waals surface area contributed by atoms with Gasteiger partial charge < -0.3 is 4.74 Å². The highest BCUT2D eigenvalue weighted by atomic mass is 32.2. The lowest BCUT2D eigenvalue weighted by Gasteiger charge is -2.21. The van der Waals surface area contributed by atoms with Crippen LogP contribution in [-0.4, -0.2) is 15.0 Å². The maximum Gasteiger partial charge on any atom is 0.261 e. The average Bonchev–Trinajstić information content (AvgIpc) is 2.56. The molecule has 0 atom stereocenters. The van der Waals surface area contributed by atoms with Crippen molar-refractivity contribution in [2.45, 2.75) is 51.3 Å². The standard InChI is InChI=1S/C20H27NO3S/c1-6-24-20-18(14(2)3)12-16(13-19(20)15(4)5)21-25(22,23)17-10-8-7-9-11-17/h7-15,21H,6H2,1-5H3. The summed E-state index contributed by atoms with van der Waals surface area (Å²) in [4.78, 5) is 0.251. The van der Waals surface area contributed by atoms with E-state index in [0.717, 1.165) is 16.9 Å². The van der Waals surface area contributed by atoms with E-state index in [4.69, 9.17) is 4.74 Å². The van der Waals surface area contributed by atoms with Crippen molar-refractivity contribution < 1.29 is 13.2 Å². The van der Waals surface area contributed by atoms with Crippen LogP contribution in [0.15, 0.2) is 47.4 Å². The van der Waals surface area contributed by atoms with Crippen molar-refractivity contribution in [2.75, 3.05) is 11.3 Å². The van der Waals surface area contributed by atoms with Crippen molar-refractivity contribution in [1.82, 2.24) is 0 Å². The number of ether oxygens (including phenoxy) is 1. The van der Waals surface area contributed by atoms with Crippen LogP contribution in [0.25, 0.3) is 0 Å². The summed E-state index contributed by atoms with van der Waals surface area (Å²) >= 11 is 0. The van der Waals surface area contributed by atoms with Gasteiger partial charge in [-0.05, 0) is 54.2 Å². The number of hydrogen-bond donors (Lipinski definition) is 1. The monoisotopic (exact) mass is 361 g/mol. The fraction of sp³-hybridized carbons (Fsp3) is 0.400. The molecule has 0 fully saturated rings. The molecule has 136 valence electrons. The number of hydrogen-bond acceptors (Lipinski definition) is 3. The molecule has 2 aromatic carbocycles. The first-order chi connectivity index (χ1) is 11.8. The van der Waals surface area contributed by atoms with Gasteiger partial charge in [-0.1, -0.05) is 45.9 Å². The molecule has 0 radical (unpaired) electrons. The van der Waals surface area contributed by atoms with Crippen molar-refractivity contribution >= 4 is 15.7 Å². The minimum absolute atomic E-state index is 0.222. The molecule has 0 spiro atoms. The van der Waals surface area contributed by atoms with Gasteiger partial charge in [-0.2, -0.15) is 0 Å². The molecule has 0 saturated heterocycles. The Kier molecular flexibility index (Phi) is 6.11. The third-order valence-electron chi connectivity index (χ3n) is 3.98. The number of benzene rings is 2. The first-order valence-corrected chi connectivity index (χ1v) is 10.1. The molecule has 1 N–H and O–H groups in total. The molecule has 0 aliphatic carbocycles. The van der Waals surface area contributed by atoms with E-state index in [9.17, 15) is 8.42 Å². The Bertz CT molecular complexity index is 783. The van der Waals surface area contributed by atoms with Gasteiger partial charge in [-0.15, -0.1) is 0 Å². The largest absolute Gasteiger partial charge is 0.493 e. The summed E-state index contributed by atoms with van der Waals surface area (Å²) in [6.45, 7) is 10.9. The zero-order valence-corrected chi connectivity index (χ0v) is 16.4. The fourth-order valence-corrected chi connectivity index (χ4v) is 3.78. The van der Waals surface area contributed by atoms with Crippen LogP contribution >= 0.6 is 0 Å². The summed E-state index contributed by atoms with van der Waals surface area (Å²) in [7, 11) is -3.61. The molecule has 2 aromatic rings. The molecule has 4 nitrogen and oxygen atoms in total. The molecule has 5 heteroatoms. The summed E-state index contributed by atoms with van der Waals surface area (Å²) < 4.78 is 33.9. The number of nitrogens with one attached hydrogen (secondary N) is 1. The first-order valence-electron chi connectivity index (χ1n) is 8.64. The molecule has 2 rings (SSSR count). The Morgan fingerprint density at radius 1 is 0.960 bits per heavy atom. The number of rotatable bonds is 7. The summed E-state index contributed by atoms with van der Waals surface area (Å²) in [5, 5.41) is 0. The SMILES string of the molecule is CCOc1c(C(C)C)cc(NS(=O)(=O)c2ccccc2)cc1C(C)C. The highest BCUT2D eigenvalue weighted by Gasteiger charge is 2.20. The molecule has 0 heterocycles. The molecule has 25 heavy (non-hydrogen) atoms. The van der Waals surface area contributed by atoms with E-state index < -0.39 is 10.0 Å². The van der Waals surface area contributed by atoms with Crippen molar-refractivity contribution in [3.8, 4) is 5.75 Å². The van der Waals surface area contributed by atoms with Gasteiger partial charge in [0.2, 0.25) is 0 Å². The molecular formula is C20H27NO3S. The Labute approximate surface area is 151 Å². The van der Waals surface area contributed by atoms with Gasteiger partial charge in [0, 0.05) is 5.69 Å². The van der Waals surface area contributed by atoms with Crippen LogP contribution in [0.5, 0.6) is 5.75 Å². The number of anilines is 1. The molecule has 0 saturated carbocycles. The Balaban J connectivity index is 2.52. The van der Waals surface area contributed by atoms with E-state index in [1.165, 1.54) is 0 Å². The third-order valence-corrected chi connectivity index (χ3v) is 5.38. The Hall–Kier alpha value is -2.01. The minimum atomic E-state index is -3.61. The molecule has 0 aliphatic heterocycles. The highest BCUT2D eigenvalue weighted by molar-refractivity contribution is 7.92. The van der Waals surface area contributed by atoms with Gasteiger partial charge in [0.15, 0.2) is 0 Å². The predicted octanol–water partition coefficient (Wildman–Crippen LogP) is 5.13. The highest BCUT2D eigenvalue weighted by Crippen LogP contribution is 2.38. The maximum atomic E-state index is 12.6. The molecule has 0 aromatic heterocycles. The van der Waals surface area contributed by atoms with Gasteiger partial charge in [-0.25, -0.2) is 8.42 Å². The van der Waals surface area contributed by atoms with Gasteiger partial charge >= 0.3 is 0 Å². The second kappa shape index (κ2) is 7.91. The van der Waals surface area contributed by atoms with E-state index in [2.05, 4.69) is 32.4 Å². The topological polar surface area (TPSA) is 55.4 Å². The van der Waals surface area contributed by atoms with Crippen molar-refractivity contribution in [1.29, 1.82) is 0 Å². The zero-order valence-electron chi connectivity index (χ0n) is 15.5. The van der Waals surface area contributed by atoms with Crippen LogP contribution in [0.2, 0.25) is 0 Å². The second-order valence-electron chi connectivity index (χ2n) is 6.64. The van der Waals surface area contributed by atoms with Crippen molar-refractivity contribution in [3.05, 3.63) is 53.6 Å².